The molecule has 0 unspecified atom stereocenters. The Labute approximate surface area is 105 Å². The quantitative estimate of drug-likeness (QED) is 0.500. The molecule has 0 bridgehead atoms. The number of aromatic nitrogens is 1. The van der Waals surface area contributed by atoms with Gasteiger partial charge in [0.05, 0.1) is 4.88 Å². The second-order valence-corrected chi connectivity index (χ2v) is 4.71. The third-order valence-electron chi connectivity index (χ3n) is 2.03. The van der Waals surface area contributed by atoms with Crippen LogP contribution in [0.5, 0.6) is 0 Å². The molecule has 2 rings (SSSR count). The highest BCUT2D eigenvalue weighted by Crippen LogP contribution is 2.32. The molecule has 88 valence electrons. The van der Waals surface area contributed by atoms with Gasteiger partial charge in [-0.25, -0.2) is 15.2 Å². The Balaban J connectivity index is 2.55. The average Bonchev–Trinajstić information content (AvgIpc) is 2.70. The average molecular weight is 272 g/mol. The SMILES string of the molecule is NNC(=O)c1nc(Cl)sc1-c1cccc(F)c1. The summed E-state index contributed by atoms with van der Waals surface area (Å²) >= 11 is 6.84. The predicted molar refractivity (Wildman–Crippen MR) is 64.2 cm³/mol. The maximum atomic E-state index is 13.1. The van der Waals surface area contributed by atoms with Gasteiger partial charge in [0.1, 0.15) is 11.5 Å². The molecule has 3 N–H and O–H groups in total. The molecule has 0 saturated heterocycles. The summed E-state index contributed by atoms with van der Waals surface area (Å²) in [5.74, 6) is 4.08. The number of amides is 1. The number of carbonyl (C=O) groups excluding carboxylic acids is 1. The zero-order valence-electron chi connectivity index (χ0n) is 8.41. The van der Waals surface area contributed by atoms with Crippen LogP contribution in [-0.4, -0.2) is 10.9 Å². The van der Waals surface area contributed by atoms with Gasteiger partial charge in [0, 0.05) is 0 Å². The summed E-state index contributed by atoms with van der Waals surface area (Å²) in [4.78, 5) is 15.8. The molecule has 2 aromatic rings. The molecule has 1 aromatic heterocycles. The Kier molecular flexibility index (Phi) is 3.37. The highest BCUT2D eigenvalue weighted by atomic mass is 35.5. The van der Waals surface area contributed by atoms with Gasteiger partial charge in [-0.15, -0.1) is 11.3 Å². The third-order valence-corrected chi connectivity index (χ3v) is 3.24. The predicted octanol–water partition coefficient (Wildman–Crippen LogP) is 2.21. The molecular formula is C10H7ClFN3OS. The van der Waals surface area contributed by atoms with E-state index in [0.717, 1.165) is 11.3 Å². The second kappa shape index (κ2) is 4.79. The highest BCUT2D eigenvalue weighted by Gasteiger charge is 2.18. The number of hydrogen-bond acceptors (Lipinski definition) is 4. The summed E-state index contributed by atoms with van der Waals surface area (Å²) in [5, 5.41) is 0. The molecule has 0 spiro atoms. The Hall–Kier alpha value is -1.50. The molecule has 7 heteroatoms. The minimum atomic E-state index is -0.563. The minimum absolute atomic E-state index is 0.0908. The van der Waals surface area contributed by atoms with Crippen molar-refractivity contribution < 1.29 is 9.18 Å². The molecule has 1 amide bonds. The van der Waals surface area contributed by atoms with E-state index in [2.05, 4.69) is 4.98 Å². The van der Waals surface area contributed by atoms with Gasteiger partial charge in [0.2, 0.25) is 0 Å². The smallest absolute Gasteiger partial charge is 0.285 e. The number of benzene rings is 1. The van der Waals surface area contributed by atoms with Crippen LogP contribution in [0.15, 0.2) is 24.3 Å². The van der Waals surface area contributed by atoms with Gasteiger partial charge in [0.15, 0.2) is 4.47 Å². The molecule has 0 radical (unpaired) electrons. The zero-order chi connectivity index (χ0) is 12.4. The van der Waals surface area contributed by atoms with Crippen LogP contribution < -0.4 is 11.3 Å². The van der Waals surface area contributed by atoms with E-state index in [4.69, 9.17) is 17.4 Å². The lowest BCUT2D eigenvalue weighted by molar-refractivity contribution is 0.0950. The first-order chi connectivity index (χ1) is 8.11. The second-order valence-electron chi connectivity index (χ2n) is 3.13. The van der Waals surface area contributed by atoms with Crippen LogP contribution in [0.4, 0.5) is 4.39 Å². The molecule has 0 atom stereocenters. The number of nitrogens with two attached hydrogens (primary N) is 1. The maximum Gasteiger partial charge on any atom is 0.285 e. The zero-order valence-corrected chi connectivity index (χ0v) is 9.98. The number of halogens is 2. The van der Waals surface area contributed by atoms with Gasteiger partial charge in [-0.05, 0) is 17.7 Å². The monoisotopic (exact) mass is 271 g/mol. The molecule has 4 nitrogen and oxygen atoms in total. The minimum Gasteiger partial charge on any atom is -0.289 e. The van der Waals surface area contributed by atoms with Crippen molar-refractivity contribution in [1.29, 1.82) is 0 Å². The van der Waals surface area contributed by atoms with Crippen molar-refractivity contribution in [2.45, 2.75) is 0 Å². The van der Waals surface area contributed by atoms with E-state index in [1.54, 1.807) is 12.1 Å². The van der Waals surface area contributed by atoms with Crippen molar-refractivity contribution in [3.63, 3.8) is 0 Å². The number of nitrogens with zero attached hydrogens (tertiary/aromatic N) is 1. The standard InChI is InChI=1S/C10H7ClFN3OS/c11-10-14-7(9(16)15-13)8(17-10)5-2-1-3-6(12)4-5/h1-4H,13H2,(H,15,16). The number of thiazole rings is 1. The fourth-order valence-electron chi connectivity index (χ4n) is 1.34. The van der Waals surface area contributed by atoms with Crippen LogP contribution in [0.2, 0.25) is 4.47 Å². The van der Waals surface area contributed by atoms with Crippen LogP contribution in [0, 0.1) is 5.82 Å². The molecule has 0 aliphatic heterocycles. The Morgan fingerprint density at radius 1 is 1.53 bits per heavy atom. The third kappa shape index (κ3) is 2.44. The topological polar surface area (TPSA) is 68.0 Å². The lowest BCUT2D eigenvalue weighted by atomic mass is 10.1. The van der Waals surface area contributed by atoms with E-state index >= 15 is 0 Å². The molecule has 0 aliphatic rings. The van der Waals surface area contributed by atoms with Crippen molar-refractivity contribution in [3.8, 4) is 10.4 Å². The van der Waals surface area contributed by atoms with Gasteiger partial charge in [-0.3, -0.25) is 10.2 Å². The summed E-state index contributed by atoms with van der Waals surface area (Å²) in [6.07, 6.45) is 0. The first-order valence-electron chi connectivity index (χ1n) is 4.55. The van der Waals surface area contributed by atoms with Crippen LogP contribution in [0.3, 0.4) is 0 Å². The summed E-state index contributed by atoms with van der Waals surface area (Å²) in [5.41, 5.74) is 2.60. The van der Waals surface area contributed by atoms with Crippen LogP contribution in [-0.2, 0) is 0 Å². The first-order valence-corrected chi connectivity index (χ1v) is 5.74. The maximum absolute atomic E-state index is 13.1. The van der Waals surface area contributed by atoms with Crippen molar-refractivity contribution in [2.24, 2.45) is 5.84 Å². The molecule has 1 heterocycles. The summed E-state index contributed by atoms with van der Waals surface area (Å²) in [6.45, 7) is 0. The van der Waals surface area contributed by atoms with Crippen LogP contribution in [0.1, 0.15) is 10.5 Å². The summed E-state index contributed by atoms with van der Waals surface area (Å²) < 4.78 is 13.3. The van der Waals surface area contributed by atoms with Crippen molar-refractivity contribution >= 4 is 28.8 Å². The Bertz CT molecular complexity index is 572. The number of nitrogen functional groups attached to an aromatic ring is 1. The molecule has 0 aliphatic carbocycles. The van der Waals surface area contributed by atoms with Crippen LogP contribution in [0.25, 0.3) is 10.4 Å². The normalized spacial score (nSPS) is 10.3. The van der Waals surface area contributed by atoms with E-state index in [9.17, 15) is 9.18 Å². The van der Waals surface area contributed by atoms with Crippen molar-refractivity contribution in [1.82, 2.24) is 10.4 Å². The van der Waals surface area contributed by atoms with E-state index in [-0.39, 0.29) is 10.2 Å². The fraction of sp³-hybridized carbons (Fsp3) is 0. The summed E-state index contributed by atoms with van der Waals surface area (Å²) in [6, 6.07) is 5.83. The lowest BCUT2D eigenvalue weighted by Gasteiger charge is -2.01. The molecule has 17 heavy (non-hydrogen) atoms. The van der Waals surface area contributed by atoms with E-state index < -0.39 is 11.7 Å². The molecule has 0 saturated carbocycles. The number of hydrogen-bond donors (Lipinski definition) is 2. The number of carbonyl (C=O) groups is 1. The number of hydrazine groups is 1. The number of rotatable bonds is 2. The van der Waals surface area contributed by atoms with Gasteiger partial charge < -0.3 is 0 Å². The summed E-state index contributed by atoms with van der Waals surface area (Å²) in [7, 11) is 0. The van der Waals surface area contributed by atoms with Crippen molar-refractivity contribution in [2.75, 3.05) is 0 Å². The van der Waals surface area contributed by atoms with E-state index in [0.29, 0.717) is 10.4 Å². The Morgan fingerprint density at radius 2 is 2.29 bits per heavy atom. The van der Waals surface area contributed by atoms with Crippen LogP contribution >= 0.6 is 22.9 Å². The van der Waals surface area contributed by atoms with Gasteiger partial charge in [0.25, 0.3) is 5.91 Å². The first kappa shape index (κ1) is 12.0. The largest absolute Gasteiger partial charge is 0.289 e. The Morgan fingerprint density at radius 3 is 2.94 bits per heavy atom. The lowest BCUT2D eigenvalue weighted by Crippen LogP contribution is -2.30. The molecular weight excluding hydrogens is 265 g/mol. The van der Waals surface area contributed by atoms with Gasteiger partial charge in [-0.2, -0.15) is 0 Å². The fourth-order valence-corrected chi connectivity index (χ4v) is 2.44. The van der Waals surface area contributed by atoms with Gasteiger partial charge in [-0.1, -0.05) is 23.7 Å². The molecule has 0 fully saturated rings. The van der Waals surface area contributed by atoms with E-state index in [1.807, 2.05) is 5.43 Å². The van der Waals surface area contributed by atoms with E-state index in [1.165, 1.54) is 12.1 Å². The highest BCUT2D eigenvalue weighted by molar-refractivity contribution is 7.19. The van der Waals surface area contributed by atoms with Crippen molar-refractivity contribution in [3.05, 3.63) is 40.2 Å². The molecule has 1 aromatic carbocycles. The number of nitrogens with one attached hydrogen (secondary N) is 1. The van der Waals surface area contributed by atoms with Gasteiger partial charge >= 0.3 is 0 Å².